The molecule has 2 amide bonds. The number of nitrogens with one attached hydrogen (secondary N) is 1. The lowest BCUT2D eigenvalue weighted by molar-refractivity contribution is -0.121. The summed E-state index contributed by atoms with van der Waals surface area (Å²) in [6.45, 7) is 1.73. The molecule has 0 bridgehead atoms. The number of methoxy groups -OCH3 is 1. The lowest BCUT2D eigenvalue weighted by Gasteiger charge is -2.18. The summed E-state index contributed by atoms with van der Waals surface area (Å²) in [6.07, 6.45) is 0.00159. The molecular weight excluding hydrogens is 336 g/mol. The number of carboxylic acids is 1. The van der Waals surface area contributed by atoms with Gasteiger partial charge in [0, 0.05) is 5.69 Å². The van der Waals surface area contributed by atoms with Crippen LogP contribution in [0.1, 0.15) is 22.3 Å². The van der Waals surface area contributed by atoms with Crippen LogP contribution in [0.3, 0.4) is 0 Å². The second-order valence-electron chi connectivity index (χ2n) is 6.00. The number of carbonyl (C=O) groups excluding carboxylic acids is 2. The Kier molecular flexibility index (Phi) is 4.62. The molecule has 2 N–H and O–H groups in total. The third-order valence-electron chi connectivity index (χ3n) is 4.27. The molecule has 1 fully saturated rings. The van der Waals surface area contributed by atoms with Gasteiger partial charge in [-0.3, -0.25) is 9.59 Å². The summed E-state index contributed by atoms with van der Waals surface area (Å²) in [5.74, 6) is -1.20. The number of aryl methyl sites for hydroxylation is 1. The normalized spacial score (nSPS) is 16.7. The third kappa shape index (κ3) is 3.23. The Morgan fingerprint density at radius 1 is 1.19 bits per heavy atom. The van der Waals surface area contributed by atoms with E-state index in [4.69, 9.17) is 9.84 Å². The second-order valence-corrected chi connectivity index (χ2v) is 6.00. The van der Waals surface area contributed by atoms with Gasteiger partial charge in [-0.25, -0.2) is 9.69 Å². The van der Waals surface area contributed by atoms with Gasteiger partial charge in [-0.05, 0) is 48.9 Å². The Morgan fingerprint density at radius 3 is 2.50 bits per heavy atom. The van der Waals surface area contributed by atoms with Crippen LogP contribution >= 0.6 is 0 Å². The monoisotopic (exact) mass is 354 g/mol. The molecule has 7 nitrogen and oxygen atoms in total. The number of amides is 2. The van der Waals surface area contributed by atoms with Crippen molar-refractivity contribution < 1.29 is 24.2 Å². The number of anilines is 2. The van der Waals surface area contributed by atoms with E-state index in [0.29, 0.717) is 22.7 Å². The minimum Gasteiger partial charge on any atom is -0.497 e. The summed E-state index contributed by atoms with van der Waals surface area (Å²) in [7, 11) is 1.56. The van der Waals surface area contributed by atoms with Crippen molar-refractivity contribution in [1.82, 2.24) is 0 Å². The Bertz CT molecular complexity index is 876. The first-order valence-corrected chi connectivity index (χ1v) is 8.02. The van der Waals surface area contributed by atoms with E-state index in [-0.39, 0.29) is 17.9 Å². The topological polar surface area (TPSA) is 95.9 Å². The highest BCUT2D eigenvalue weighted by Gasteiger charge is 2.40. The van der Waals surface area contributed by atoms with Gasteiger partial charge in [-0.2, -0.15) is 0 Å². The average molecular weight is 354 g/mol. The summed E-state index contributed by atoms with van der Waals surface area (Å²) in [5, 5.41) is 12.2. The number of carboxylic acid groups (broad SMARTS) is 1. The molecule has 0 aromatic heterocycles. The highest BCUT2D eigenvalue weighted by molar-refractivity contribution is 6.23. The molecule has 26 heavy (non-hydrogen) atoms. The predicted octanol–water partition coefficient (Wildman–Crippen LogP) is 2.45. The summed E-state index contributed by atoms with van der Waals surface area (Å²) >= 11 is 0. The van der Waals surface area contributed by atoms with Crippen molar-refractivity contribution in [3.05, 3.63) is 53.6 Å². The van der Waals surface area contributed by atoms with Crippen LogP contribution < -0.4 is 15.0 Å². The molecule has 1 atom stereocenters. The Balaban J connectivity index is 1.85. The van der Waals surface area contributed by atoms with Gasteiger partial charge >= 0.3 is 5.97 Å². The molecule has 7 heteroatoms. The Labute approximate surface area is 150 Å². The summed E-state index contributed by atoms with van der Waals surface area (Å²) < 4.78 is 5.09. The molecule has 2 aromatic carbocycles. The first-order valence-electron chi connectivity index (χ1n) is 8.02. The molecule has 3 rings (SSSR count). The minimum absolute atomic E-state index is 0.00159. The molecule has 1 heterocycles. The van der Waals surface area contributed by atoms with E-state index in [1.165, 1.54) is 12.1 Å². The molecule has 0 spiro atoms. The molecule has 1 saturated heterocycles. The van der Waals surface area contributed by atoms with Crippen LogP contribution in [0.4, 0.5) is 11.4 Å². The lowest BCUT2D eigenvalue weighted by atomic mass is 10.1. The number of hydrogen-bond donors (Lipinski definition) is 2. The molecule has 0 saturated carbocycles. The third-order valence-corrected chi connectivity index (χ3v) is 4.27. The van der Waals surface area contributed by atoms with Gasteiger partial charge < -0.3 is 15.2 Å². The number of hydrogen-bond acceptors (Lipinski definition) is 5. The van der Waals surface area contributed by atoms with Gasteiger partial charge in [0.1, 0.15) is 11.8 Å². The van der Waals surface area contributed by atoms with Gasteiger partial charge in [0.05, 0.1) is 24.8 Å². The summed E-state index contributed by atoms with van der Waals surface area (Å²) in [5.41, 5.74) is 1.67. The molecule has 0 aliphatic carbocycles. The Hall–Kier alpha value is -3.35. The summed E-state index contributed by atoms with van der Waals surface area (Å²) in [4.78, 5) is 37.4. The van der Waals surface area contributed by atoms with E-state index >= 15 is 0 Å². The largest absolute Gasteiger partial charge is 0.497 e. The quantitative estimate of drug-likeness (QED) is 0.801. The van der Waals surface area contributed by atoms with E-state index in [9.17, 15) is 14.4 Å². The van der Waals surface area contributed by atoms with Gasteiger partial charge in [0.15, 0.2) is 0 Å². The number of aromatic carboxylic acids is 1. The molecule has 0 unspecified atom stereocenters. The highest BCUT2D eigenvalue weighted by Crippen LogP contribution is 2.29. The fourth-order valence-electron chi connectivity index (χ4n) is 2.87. The van der Waals surface area contributed by atoms with Crippen LogP contribution in [-0.2, 0) is 9.59 Å². The van der Waals surface area contributed by atoms with Crippen LogP contribution in [0.5, 0.6) is 5.75 Å². The van der Waals surface area contributed by atoms with Crippen LogP contribution in [0, 0.1) is 6.92 Å². The van der Waals surface area contributed by atoms with Crippen molar-refractivity contribution in [3.8, 4) is 5.75 Å². The standard InChI is InChI=1S/C19H18N2O5/c1-11-3-4-12(19(24)25)9-16(11)21-17(22)10-15(18(21)23)20-13-5-7-14(26-2)8-6-13/h3-9,15,20H,10H2,1-2H3,(H,24,25)/t15-/m1/s1. The first-order chi connectivity index (χ1) is 12.4. The molecule has 0 radical (unpaired) electrons. The van der Waals surface area contributed by atoms with E-state index < -0.39 is 17.9 Å². The van der Waals surface area contributed by atoms with E-state index in [2.05, 4.69) is 5.32 Å². The van der Waals surface area contributed by atoms with Crippen LogP contribution in [0.15, 0.2) is 42.5 Å². The number of benzene rings is 2. The zero-order chi connectivity index (χ0) is 18.8. The van der Waals surface area contributed by atoms with Crippen LogP contribution in [0.25, 0.3) is 0 Å². The van der Waals surface area contributed by atoms with Gasteiger partial charge in [-0.1, -0.05) is 6.07 Å². The van der Waals surface area contributed by atoms with Gasteiger partial charge in [0.2, 0.25) is 5.91 Å². The fraction of sp³-hybridized carbons (Fsp3) is 0.211. The zero-order valence-electron chi connectivity index (χ0n) is 14.4. The average Bonchev–Trinajstić information content (AvgIpc) is 2.89. The van der Waals surface area contributed by atoms with E-state index in [0.717, 1.165) is 4.90 Å². The van der Waals surface area contributed by atoms with Gasteiger partial charge in [-0.15, -0.1) is 0 Å². The van der Waals surface area contributed by atoms with Crippen LogP contribution in [0.2, 0.25) is 0 Å². The zero-order valence-corrected chi connectivity index (χ0v) is 14.4. The highest BCUT2D eigenvalue weighted by atomic mass is 16.5. The van der Waals surface area contributed by atoms with Crippen molar-refractivity contribution in [3.63, 3.8) is 0 Å². The lowest BCUT2D eigenvalue weighted by Crippen LogP contribution is -2.35. The van der Waals surface area contributed by atoms with Crippen molar-refractivity contribution in [2.24, 2.45) is 0 Å². The van der Waals surface area contributed by atoms with Gasteiger partial charge in [0.25, 0.3) is 5.91 Å². The fourth-order valence-corrected chi connectivity index (χ4v) is 2.87. The van der Waals surface area contributed by atoms with E-state index in [1.807, 2.05) is 0 Å². The smallest absolute Gasteiger partial charge is 0.335 e. The second kappa shape index (κ2) is 6.87. The van der Waals surface area contributed by atoms with Crippen molar-refractivity contribution in [2.75, 3.05) is 17.3 Å². The maximum Gasteiger partial charge on any atom is 0.335 e. The molecular formula is C19H18N2O5. The molecule has 2 aromatic rings. The predicted molar refractivity (Wildman–Crippen MR) is 95.7 cm³/mol. The number of rotatable bonds is 5. The molecule has 134 valence electrons. The number of imide groups is 1. The number of nitrogens with zero attached hydrogens (tertiary/aromatic N) is 1. The maximum atomic E-state index is 12.7. The van der Waals surface area contributed by atoms with Crippen molar-refractivity contribution >= 4 is 29.2 Å². The summed E-state index contributed by atoms with van der Waals surface area (Å²) in [6, 6.07) is 10.7. The number of carbonyl (C=O) groups is 3. The maximum absolute atomic E-state index is 12.7. The Morgan fingerprint density at radius 2 is 1.88 bits per heavy atom. The number of ether oxygens (including phenoxy) is 1. The van der Waals surface area contributed by atoms with Crippen molar-refractivity contribution in [1.29, 1.82) is 0 Å². The minimum atomic E-state index is -1.11. The first kappa shape index (κ1) is 17.5. The SMILES string of the molecule is COc1ccc(N[C@@H]2CC(=O)N(c3cc(C(=O)O)ccc3C)C2=O)cc1. The van der Waals surface area contributed by atoms with Crippen molar-refractivity contribution in [2.45, 2.75) is 19.4 Å². The van der Waals surface area contributed by atoms with Crippen LogP contribution in [-0.4, -0.2) is 36.0 Å². The molecule has 1 aliphatic rings. The van der Waals surface area contributed by atoms with E-state index in [1.54, 1.807) is 44.4 Å². The molecule has 1 aliphatic heterocycles.